The SMILES string of the molecule is O=C(NN=C1C2CC3CC1CC(Cl)(C3)C2)c1cccc(O)c1. The minimum atomic E-state index is -0.280. The molecule has 116 valence electrons. The second-order valence-electron chi connectivity index (χ2n) is 7.02. The smallest absolute Gasteiger partial charge is 0.271 e. The van der Waals surface area contributed by atoms with Gasteiger partial charge >= 0.3 is 0 Å². The van der Waals surface area contributed by atoms with Crippen molar-refractivity contribution >= 4 is 23.2 Å². The van der Waals surface area contributed by atoms with E-state index in [0.717, 1.165) is 43.7 Å². The van der Waals surface area contributed by atoms with Crippen LogP contribution in [0, 0.1) is 17.8 Å². The fourth-order valence-electron chi connectivity index (χ4n) is 4.68. The van der Waals surface area contributed by atoms with Gasteiger partial charge in [-0.1, -0.05) is 6.07 Å². The van der Waals surface area contributed by atoms with E-state index in [1.165, 1.54) is 6.07 Å². The molecular weight excluding hydrogens is 300 g/mol. The molecule has 5 rings (SSSR count). The quantitative estimate of drug-likeness (QED) is 0.649. The van der Waals surface area contributed by atoms with Crippen LogP contribution in [0.2, 0.25) is 0 Å². The van der Waals surface area contributed by atoms with Crippen molar-refractivity contribution in [1.82, 2.24) is 5.43 Å². The van der Waals surface area contributed by atoms with E-state index in [9.17, 15) is 9.90 Å². The largest absolute Gasteiger partial charge is 0.508 e. The van der Waals surface area contributed by atoms with Gasteiger partial charge in [-0.05, 0) is 56.2 Å². The minimum absolute atomic E-state index is 0.0231. The van der Waals surface area contributed by atoms with Crippen LogP contribution in [-0.2, 0) is 0 Å². The lowest BCUT2D eigenvalue weighted by Crippen LogP contribution is -2.53. The van der Waals surface area contributed by atoms with E-state index in [4.69, 9.17) is 11.6 Å². The van der Waals surface area contributed by atoms with Crippen molar-refractivity contribution in [3.8, 4) is 5.75 Å². The van der Waals surface area contributed by atoms with Gasteiger partial charge < -0.3 is 5.11 Å². The van der Waals surface area contributed by atoms with Crippen LogP contribution in [0.5, 0.6) is 5.75 Å². The first-order valence-corrected chi connectivity index (χ1v) is 8.26. The van der Waals surface area contributed by atoms with Gasteiger partial charge in [0, 0.05) is 28.0 Å². The molecule has 0 saturated heterocycles. The topological polar surface area (TPSA) is 61.7 Å². The van der Waals surface area contributed by atoms with Gasteiger partial charge in [-0.3, -0.25) is 4.79 Å². The Balaban J connectivity index is 1.51. The summed E-state index contributed by atoms with van der Waals surface area (Å²) in [6, 6.07) is 6.30. The summed E-state index contributed by atoms with van der Waals surface area (Å²) in [5, 5.41) is 13.9. The Morgan fingerprint density at radius 1 is 1.27 bits per heavy atom. The minimum Gasteiger partial charge on any atom is -0.508 e. The van der Waals surface area contributed by atoms with Crippen molar-refractivity contribution in [2.45, 2.75) is 37.0 Å². The highest BCUT2D eigenvalue weighted by atomic mass is 35.5. The molecule has 4 aliphatic rings. The van der Waals surface area contributed by atoms with E-state index in [0.29, 0.717) is 17.4 Å². The number of carbonyl (C=O) groups is 1. The first-order valence-electron chi connectivity index (χ1n) is 7.88. The average molecular weight is 319 g/mol. The van der Waals surface area contributed by atoms with E-state index >= 15 is 0 Å². The zero-order chi connectivity index (χ0) is 15.3. The number of carbonyl (C=O) groups excluding carboxylic acids is 1. The molecule has 1 aromatic carbocycles. The molecule has 4 bridgehead atoms. The summed E-state index contributed by atoms with van der Waals surface area (Å²) in [6.45, 7) is 0. The van der Waals surface area contributed by atoms with Gasteiger partial charge in [0.25, 0.3) is 5.91 Å². The number of nitrogens with zero attached hydrogens (tertiary/aromatic N) is 1. The highest BCUT2D eigenvalue weighted by Crippen LogP contribution is 2.57. The molecule has 22 heavy (non-hydrogen) atoms. The predicted molar refractivity (Wildman–Crippen MR) is 85.1 cm³/mol. The first kappa shape index (κ1) is 14.1. The molecule has 1 aromatic rings. The lowest BCUT2D eigenvalue weighted by Gasteiger charge is -2.54. The van der Waals surface area contributed by atoms with Crippen molar-refractivity contribution in [3.63, 3.8) is 0 Å². The Morgan fingerprint density at radius 3 is 2.64 bits per heavy atom. The second-order valence-corrected chi connectivity index (χ2v) is 7.82. The molecule has 4 nitrogen and oxygen atoms in total. The fraction of sp³-hybridized carbons (Fsp3) is 0.529. The van der Waals surface area contributed by atoms with Gasteiger partial charge in [0.1, 0.15) is 5.75 Å². The lowest BCUT2D eigenvalue weighted by molar-refractivity contribution is 0.0949. The zero-order valence-electron chi connectivity index (χ0n) is 12.3. The standard InChI is InChI=1S/C17H19ClN2O2/c18-17-7-10-4-12(8-17)15(13(5-10)9-17)19-20-16(22)11-2-1-3-14(21)6-11/h1-3,6,10,12-13,21H,4-5,7-9H2,(H,20,22). The molecule has 0 aromatic heterocycles. The summed E-state index contributed by atoms with van der Waals surface area (Å²) in [6.07, 6.45) is 5.44. The molecular formula is C17H19ClN2O2. The Labute approximate surface area is 134 Å². The molecule has 2 N–H and O–H groups in total. The summed E-state index contributed by atoms with van der Waals surface area (Å²) in [5.74, 6) is 1.38. The number of rotatable bonds is 2. The summed E-state index contributed by atoms with van der Waals surface area (Å²) in [4.78, 5) is 12.1. The number of aromatic hydroxyl groups is 1. The third kappa shape index (κ3) is 2.39. The van der Waals surface area contributed by atoms with E-state index < -0.39 is 0 Å². The molecule has 0 radical (unpaired) electrons. The number of benzene rings is 1. The zero-order valence-corrected chi connectivity index (χ0v) is 13.0. The van der Waals surface area contributed by atoms with Crippen molar-refractivity contribution < 1.29 is 9.90 Å². The normalized spacial score (nSPS) is 35.5. The number of hydrogen-bond acceptors (Lipinski definition) is 3. The van der Waals surface area contributed by atoms with Crippen LogP contribution in [0.25, 0.3) is 0 Å². The highest BCUT2D eigenvalue weighted by Gasteiger charge is 2.53. The summed E-state index contributed by atoms with van der Waals surface area (Å²) >= 11 is 6.70. The highest BCUT2D eigenvalue weighted by molar-refractivity contribution is 6.25. The van der Waals surface area contributed by atoms with Crippen molar-refractivity contribution in [1.29, 1.82) is 0 Å². The Hall–Kier alpha value is -1.55. The number of hydrogen-bond donors (Lipinski definition) is 2. The van der Waals surface area contributed by atoms with Crippen LogP contribution in [0.4, 0.5) is 0 Å². The summed E-state index contributed by atoms with van der Waals surface area (Å²) < 4.78 is 0. The van der Waals surface area contributed by atoms with Gasteiger partial charge in [0.15, 0.2) is 0 Å². The molecule has 0 aliphatic heterocycles. The summed E-state index contributed by atoms with van der Waals surface area (Å²) in [5.41, 5.74) is 4.21. The van der Waals surface area contributed by atoms with E-state index in [1.54, 1.807) is 18.2 Å². The van der Waals surface area contributed by atoms with Crippen LogP contribution in [0.3, 0.4) is 0 Å². The fourth-order valence-corrected chi connectivity index (χ4v) is 5.27. The van der Waals surface area contributed by atoms with Gasteiger partial charge in [-0.2, -0.15) is 5.10 Å². The number of alkyl halides is 1. The Bertz CT molecular complexity index is 640. The van der Waals surface area contributed by atoms with Crippen LogP contribution in [0.1, 0.15) is 42.5 Å². The maximum absolute atomic E-state index is 12.1. The van der Waals surface area contributed by atoms with E-state index in [1.807, 2.05) is 0 Å². The third-order valence-corrected chi connectivity index (χ3v) is 5.81. The first-order chi connectivity index (χ1) is 10.5. The van der Waals surface area contributed by atoms with Gasteiger partial charge in [0.2, 0.25) is 0 Å². The molecule has 0 spiro atoms. The third-order valence-electron chi connectivity index (χ3n) is 5.35. The lowest BCUT2D eigenvalue weighted by atomic mass is 9.55. The van der Waals surface area contributed by atoms with Crippen LogP contribution >= 0.6 is 11.6 Å². The molecule has 5 heteroatoms. The number of nitrogens with one attached hydrogen (secondary N) is 1. The maximum atomic E-state index is 12.1. The monoisotopic (exact) mass is 318 g/mol. The van der Waals surface area contributed by atoms with Crippen molar-refractivity contribution in [3.05, 3.63) is 29.8 Å². The number of hydrazone groups is 1. The Morgan fingerprint density at radius 2 is 2.00 bits per heavy atom. The number of phenols is 1. The molecule has 1 amide bonds. The van der Waals surface area contributed by atoms with Gasteiger partial charge in [0.05, 0.1) is 0 Å². The molecule has 4 aliphatic carbocycles. The maximum Gasteiger partial charge on any atom is 0.271 e. The molecule has 4 saturated carbocycles. The number of phenolic OH excluding ortho intramolecular Hbond substituents is 1. The molecule has 2 unspecified atom stereocenters. The van der Waals surface area contributed by atoms with Crippen molar-refractivity contribution in [2.75, 3.05) is 0 Å². The molecule has 2 atom stereocenters. The van der Waals surface area contributed by atoms with Crippen LogP contribution < -0.4 is 5.43 Å². The predicted octanol–water partition coefficient (Wildman–Crippen LogP) is 3.30. The molecule has 4 fully saturated rings. The van der Waals surface area contributed by atoms with Crippen LogP contribution in [0.15, 0.2) is 29.4 Å². The summed E-state index contributed by atoms with van der Waals surface area (Å²) in [7, 11) is 0. The van der Waals surface area contributed by atoms with Crippen LogP contribution in [-0.4, -0.2) is 21.6 Å². The van der Waals surface area contributed by atoms with Gasteiger partial charge in [-0.25, -0.2) is 5.43 Å². The molecule has 0 heterocycles. The van der Waals surface area contributed by atoms with Crippen molar-refractivity contribution in [2.24, 2.45) is 22.9 Å². The van der Waals surface area contributed by atoms with Gasteiger partial charge in [-0.15, -0.1) is 11.6 Å². The second kappa shape index (κ2) is 4.98. The number of halogens is 1. The Kier molecular flexibility index (Phi) is 3.19. The van der Waals surface area contributed by atoms with E-state index in [-0.39, 0.29) is 16.5 Å². The number of amides is 1. The average Bonchev–Trinajstić information content (AvgIpc) is 2.44. The van der Waals surface area contributed by atoms with E-state index in [2.05, 4.69) is 10.5 Å².